The van der Waals surface area contributed by atoms with Crippen molar-refractivity contribution < 1.29 is 19.5 Å². The largest absolute Gasteiger partial charge is 0.511 e. The molecule has 7 heteroatoms. The summed E-state index contributed by atoms with van der Waals surface area (Å²) in [5, 5.41) is 14.5. The van der Waals surface area contributed by atoms with Gasteiger partial charge in [0.25, 0.3) is 0 Å². The second-order valence-electron chi connectivity index (χ2n) is 5.38. The molecule has 1 spiro atoms. The van der Waals surface area contributed by atoms with Crippen LogP contribution in [0.1, 0.15) is 33.1 Å². The van der Waals surface area contributed by atoms with Gasteiger partial charge < -0.3 is 14.7 Å². The lowest BCUT2D eigenvalue weighted by atomic mass is 9.93. The van der Waals surface area contributed by atoms with E-state index in [1.807, 2.05) is 13.8 Å². The molecule has 0 unspecified atom stereocenters. The fourth-order valence-electron chi connectivity index (χ4n) is 2.51. The van der Waals surface area contributed by atoms with Crippen molar-refractivity contribution in [2.75, 3.05) is 29.6 Å². The van der Waals surface area contributed by atoms with Crippen LogP contribution < -0.4 is 0 Å². The van der Waals surface area contributed by atoms with Gasteiger partial charge in [-0.3, -0.25) is 0 Å². The molecule has 1 saturated heterocycles. The van der Waals surface area contributed by atoms with Crippen molar-refractivity contribution in [3.8, 4) is 0 Å². The van der Waals surface area contributed by atoms with Gasteiger partial charge >= 0.3 is 5.97 Å². The third-order valence-corrected chi connectivity index (χ3v) is 6.18. The van der Waals surface area contributed by atoms with Crippen LogP contribution in [0.25, 0.3) is 0 Å². The molecule has 0 radical (unpaired) electrons. The number of ether oxygens (including phenoxy) is 1. The number of carbonyl (C=O) groups excluding carboxylic acids is 1. The molecule has 0 bridgehead atoms. The number of aliphatic hydroxyl groups excluding tert-OH is 1. The fourth-order valence-corrected chi connectivity index (χ4v) is 5.14. The van der Waals surface area contributed by atoms with Gasteiger partial charge in [-0.1, -0.05) is 18.5 Å². The minimum Gasteiger partial charge on any atom is -0.511 e. The molecule has 124 valence electrons. The summed E-state index contributed by atoms with van der Waals surface area (Å²) in [6, 6.07) is 0. The summed E-state index contributed by atoms with van der Waals surface area (Å²) in [4.78, 5) is 17.6. The van der Waals surface area contributed by atoms with Gasteiger partial charge in [0.15, 0.2) is 0 Å². The number of oxime groups is 1. The van der Waals surface area contributed by atoms with E-state index in [1.54, 1.807) is 23.5 Å². The Morgan fingerprint density at radius 3 is 2.59 bits per heavy atom. The second-order valence-corrected chi connectivity index (χ2v) is 7.59. The molecule has 2 aliphatic heterocycles. The van der Waals surface area contributed by atoms with E-state index in [1.165, 1.54) is 0 Å². The predicted molar refractivity (Wildman–Crippen MR) is 91.7 cm³/mol. The SMILES string of the molecule is CCCC(=NOCC)C1=C(O)CC2(CSCCSC2)OC1=O. The van der Waals surface area contributed by atoms with Gasteiger partial charge in [0.2, 0.25) is 0 Å². The van der Waals surface area contributed by atoms with Crippen LogP contribution in [0.3, 0.4) is 0 Å². The molecule has 0 amide bonds. The summed E-state index contributed by atoms with van der Waals surface area (Å²) in [5.74, 6) is 3.18. The van der Waals surface area contributed by atoms with Gasteiger partial charge in [0, 0.05) is 29.4 Å². The number of esters is 1. The lowest BCUT2D eigenvalue weighted by Crippen LogP contribution is -2.45. The quantitative estimate of drug-likeness (QED) is 0.469. The highest BCUT2D eigenvalue weighted by molar-refractivity contribution is 8.03. The molecule has 2 heterocycles. The Morgan fingerprint density at radius 1 is 1.36 bits per heavy atom. The van der Waals surface area contributed by atoms with Crippen molar-refractivity contribution in [2.45, 2.75) is 38.7 Å². The van der Waals surface area contributed by atoms with Crippen LogP contribution in [0, 0.1) is 0 Å². The minimum absolute atomic E-state index is 0.0891. The van der Waals surface area contributed by atoms with Crippen LogP contribution in [-0.4, -0.2) is 52.0 Å². The number of thioether (sulfide) groups is 2. The number of hydrogen-bond donors (Lipinski definition) is 1. The van der Waals surface area contributed by atoms with E-state index in [2.05, 4.69) is 5.16 Å². The molecular formula is C15H23NO4S2. The van der Waals surface area contributed by atoms with E-state index in [0.717, 1.165) is 29.4 Å². The lowest BCUT2D eigenvalue weighted by molar-refractivity contribution is -0.152. The van der Waals surface area contributed by atoms with E-state index in [4.69, 9.17) is 9.57 Å². The maximum atomic E-state index is 12.5. The molecule has 5 nitrogen and oxygen atoms in total. The van der Waals surface area contributed by atoms with E-state index in [-0.39, 0.29) is 11.3 Å². The summed E-state index contributed by atoms with van der Waals surface area (Å²) >= 11 is 3.54. The smallest absolute Gasteiger partial charge is 0.344 e. The zero-order valence-corrected chi connectivity index (χ0v) is 14.7. The topological polar surface area (TPSA) is 68.1 Å². The summed E-state index contributed by atoms with van der Waals surface area (Å²) in [5.41, 5.74) is 0.0928. The predicted octanol–water partition coefficient (Wildman–Crippen LogP) is 3.16. The van der Waals surface area contributed by atoms with Gasteiger partial charge in [-0.05, 0) is 13.3 Å². The van der Waals surface area contributed by atoms with Crippen LogP contribution >= 0.6 is 23.5 Å². The monoisotopic (exact) mass is 345 g/mol. The Balaban J connectivity index is 2.26. The zero-order valence-electron chi connectivity index (χ0n) is 13.1. The van der Waals surface area contributed by atoms with Crippen molar-refractivity contribution in [2.24, 2.45) is 5.16 Å². The summed E-state index contributed by atoms with van der Waals surface area (Å²) in [6.07, 6.45) is 1.75. The van der Waals surface area contributed by atoms with E-state index in [0.29, 0.717) is 25.2 Å². The average Bonchev–Trinajstić information content (AvgIpc) is 2.69. The van der Waals surface area contributed by atoms with Gasteiger partial charge in [-0.25, -0.2) is 4.79 Å². The van der Waals surface area contributed by atoms with Gasteiger partial charge in [-0.2, -0.15) is 23.5 Å². The first-order chi connectivity index (χ1) is 10.6. The molecule has 1 N–H and O–H groups in total. The van der Waals surface area contributed by atoms with E-state index in [9.17, 15) is 9.90 Å². The van der Waals surface area contributed by atoms with E-state index < -0.39 is 11.6 Å². The Labute approximate surface area is 139 Å². The lowest BCUT2D eigenvalue weighted by Gasteiger charge is -2.35. The second kappa shape index (κ2) is 8.15. The third kappa shape index (κ3) is 4.13. The molecule has 0 atom stereocenters. The third-order valence-electron chi connectivity index (χ3n) is 3.47. The number of nitrogens with zero attached hydrogens (tertiary/aromatic N) is 1. The average molecular weight is 345 g/mol. The molecule has 0 saturated carbocycles. The van der Waals surface area contributed by atoms with Crippen LogP contribution in [0.15, 0.2) is 16.5 Å². The first-order valence-electron chi connectivity index (χ1n) is 7.62. The van der Waals surface area contributed by atoms with Crippen LogP contribution in [0.2, 0.25) is 0 Å². The molecule has 0 aliphatic carbocycles. The van der Waals surface area contributed by atoms with Crippen molar-refractivity contribution >= 4 is 35.2 Å². The highest BCUT2D eigenvalue weighted by atomic mass is 32.2. The molecule has 2 rings (SSSR count). The van der Waals surface area contributed by atoms with Gasteiger partial charge in [-0.15, -0.1) is 0 Å². The van der Waals surface area contributed by atoms with Crippen molar-refractivity contribution in [3.63, 3.8) is 0 Å². The summed E-state index contributed by atoms with van der Waals surface area (Å²) in [7, 11) is 0. The van der Waals surface area contributed by atoms with Gasteiger partial charge in [0.1, 0.15) is 23.5 Å². The normalized spacial score (nSPS) is 22.5. The van der Waals surface area contributed by atoms with Crippen LogP contribution in [0.4, 0.5) is 0 Å². The molecule has 0 aromatic rings. The van der Waals surface area contributed by atoms with Crippen molar-refractivity contribution in [1.82, 2.24) is 0 Å². The summed E-state index contributed by atoms with van der Waals surface area (Å²) in [6.45, 7) is 4.25. The standard InChI is InChI=1S/C15H23NO4S2/c1-3-5-11(16-19-4-2)13-12(17)8-15(20-14(13)18)9-21-6-7-22-10-15/h17H,3-10H2,1-2H3. The molecule has 2 aliphatic rings. The Hall–Kier alpha value is -0.820. The Kier molecular flexibility index (Phi) is 6.50. The van der Waals surface area contributed by atoms with E-state index >= 15 is 0 Å². The number of hydrogen-bond acceptors (Lipinski definition) is 7. The molecule has 22 heavy (non-hydrogen) atoms. The highest BCUT2D eigenvalue weighted by Gasteiger charge is 2.43. The van der Waals surface area contributed by atoms with Crippen molar-refractivity contribution in [3.05, 3.63) is 11.3 Å². The first-order valence-corrected chi connectivity index (χ1v) is 9.93. The molecule has 1 fully saturated rings. The Morgan fingerprint density at radius 2 is 2.05 bits per heavy atom. The fraction of sp³-hybridized carbons (Fsp3) is 0.733. The van der Waals surface area contributed by atoms with Gasteiger partial charge in [0.05, 0.1) is 5.71 Å². The zero-order chi connectivity index (χ0) is 16.0. The molecule has 0 aromatic carbocycles. The minimum atomic E-state index is -0.584. The number of carbonyl (C=O) groups is 1. The highest BCUT2D eigenvalue weighted by Crippen LogP contribution is 2.37. The number of aliphatic hydroxyl groups is 1. The maximum Gasteiger partial charge on any atom is 0.344 e. The van der Waals surface area contributed by atoms with Crippen LogP contribution in [-0.2, 0) is 14.4 Å². The number of rotatable bonds is 5. The first kappa shape index (κ1) is 17.5. The Bertz CT molecular complexity index is 468. The van der Waals surface area contributed by atoms with Crippen LogP contribution in [0.5, 0.6) is 0 Å². The van der Waals surface area contributed by atoms with Crippen molar-refractivity contribution in [1.29, 1.82) is 0 Å². The molecular weight excluding hydrogens is 322 g/mol. The summed E-state index contributed by atoms with van der Waals surface area (Å²) < 4.78 is 5.75. The molecule has 0 aromatic heterocycles. The maximum absolute atomic E-state index is 12.5.